The van der Waals surface area contributed by atoms with Gasteiger partial charge in [0.1, 0.15) is 12.4 Å². The Kier molecular flexibility index (Phi) is 7.55. The van der Waals surface area contributed by atoms with Gasteiger partial charge in [0.15, 0.2) is 4.80 Å². The molecule has 2 heterocycles. The van der Waals surface area contributed by atoms with Crippen LogP contribution in [-0.2, 0) is 9.53 Å². The van der Waals surface area contributed by atoms with Crippen LogP contribution in [0.2, 0.25) is 0 Å². The SMILES string of the molecule is C=CCOc1ccccc1/C=c1\sc2n(c1=O)[C@@H](c1ccc(N(C)C)cc1)C(C(=O)OCC)=C(C)N=2. The van der Waals surface area contributed by atoms with E-state index in [0.29, 0.717) is 33.0 Å². The van der Waals surface area contributed by atoms with E-state index in [9.17, 15) is 9.59 Å². The Hall–Kier alpha value is -3.91. The van der Waals surface area contributed by atoms with E-state index >= 15 is 0 Å². The smallest absolute Gasteiger partial charge is 0.338 e. The van der Waals surface area contributed by atoms with E-state index < -0.39 is 12.0 Å². The fourth-order valence-electron chi connectivity index (χ4n) is 4.08. The molecule has 1 aromatic heterocycles. The van der Waals surface area contributed by atoms with Gasteiger partial charge in [-0.3, -0.25) is 9.36 Å². The van der Waals surface area contributed by atoms with Crippen molar-refractivity contribution in [2.24, 2.45) is 4.99 Å². The third-order valence-electron chi connectivity index (χ3n) is 5.80. The van der Waals surface area contributed by atoms with E-state index in [1.165, 1.54) is 11.3 Å². The molecule has 8 heteroatoms. The number of thiazole rings is 1. The number of hydrogen-bond donors (Lipinski definition) is 0. The second kappa shape index (κ2) is 10.8. The van der Waals surface area contributed by atoms with E-state index in [1.807, 2.05) is 67.5 Å². The molecule has 7 nitrogen and oxygen atoms in total. The summed E-state index contributed by atoms with van der Waals surface area (Å²) in [6, 6.07) is 14.7. The number of para-hydroxylation sites is 1. The first-order valence-corrected chi connectivity index (χ1v) is 12.5. The molecule has 2 aromatic carbocycles. The van der Waals surface area contributed by atoms with Gasteiger partial charge in [-0.05, 0) is 43.7 Å². The summed E-state index contributed by atoms with van der Waals surface area (Å²) >= 11 is 1.28. The third-order valence-corrected chi connectivity index (χ3v) is 6.79. The molecule has 0 amide bonds. The van der Waals surface area contributed by atoms with Gasteiger partial charge in [-0.25, -0.2) is 9.79 Å². The minimum atomic E-state index is -0.647. The van der Waals surface area contributed by atoms with Crippen LogP contribution in [0.15, 0.2) is 82.2 Å². The first-order valence-electron chi connectivity index (χ1n) is 11.6. The molecule has 36 heavy (non-hydrogen) atoms. The lowest BCUT2D eigenvalue weighted by atomic mass is 9.95. The van der Waals surface area contributed by atoms with Gasteiger partial charge in [0.25, 0.3) is 5.56 Å². The Balaban J connectivity index is 1.91. The predicted octanol–water partition coefficient (Wildman–Crippen LogP) is 3.43. The van der Waals surface area contributed by atoms with Crippen LogP contribution in [-0.4, -0.2) is 37.8 Å². The van der Waals surface area contributed by atoms with Crippen LogP contribution in [0, 0.1) is 0 Å². The van der Waals surface area contributed by atoms with Crippen LogP contribution >= 0.6 is 11.3 Å². The maximum Gasteiger partial charge on any atom is 0.338 e. The summed E-state index contributed by atoms with van der Waals surface area (Å²) in [5, 5.41) is 0. The van der Waals surface area contributed by atoms with Crippen molar-refractivity contribution in [3.8, 4) is 5.75 Å². The quantitative estimate of drug-likeness (QED) is 0.348. The van der Waals surface area contributed by atoms with E-state index in [2.05, 4.69) is 11.6 Å². The van der Waals surface area contributed by atoms with Crippen LogP contribution in [0.1, 0.15) is 31.0 Å². The molecule has 0 N–H and O–H groups in total. The number of ether oxygens (including phenoxy) is 2. The molecule has 0 bridgehead atoms. The molecular formula is C28H29N3O4S. The van der Waals surface area contributed by atoms with Gasteiger partial charge in [0, 0.05) is 25.3 Å². The van der Waals surface area contributed by atoms with E-state index in [4.69, 9.17) is 9.47 Å². The Morgan fingerprint density at radius 3 is 2.58 bits per heavy atom. The van der Waals surface area contributed by atoms with Crippen LogP contribution < -0.4 is 24.5 Å². The van der Waals surface area contributed by atoms with Crippen molar-refractivity contribution in [3.63, 3.8) is 0 Å². The van der Waals surface area contributed by atoms with Gasteiger partial charge >= 0.3 is 5.97 Å². The number of fused-ring (bicyclic) bond motifs is 1. The number of benzene rings is 2. The molecule has 0 saturated carbocycles. The molecule has 186 valence electrons. The van der Waals surface area contributed by atoms with Crippen molar-refractivity contribution in [3.05, 3.63) is 103 Å². The first-order chi connectivity index (χ1) is 17.3. The molecule has 0 saturated heterocycles. The number of rotatable bonds is 8. The highest BCUT2D eigenvalue weighted by atomic mass is 32.1. The van der Waals surface area contributed by atoms with Crippen molar-refractivity contribution in [2.45, 2.75) is 19.9 Å². The highest BCUT2D eigenvalue weighted by Gasteiger charge is 2.33. The molecule has 0 spiro atoms. The zero-order valence-corrected chi connectivity index (χ0v) is 21.7. The Labute approximate surface area is 213 Å². The van der Waals surface area contributed by atoms with Gasteiger partial charge in [-0.2, -0.15) is 0 Å². The normalized spacial score (nSPS) is 15.2. The van der Waals surface area contributed by atoms with E-state index in [0.717, 1.165) is 16.8 Å². The molecular weight excluding hydrogens is 474 g/mol. The molecule has 0 unspecified atom stereocenters. The Bertz CT molecular complexity index is 1500. The maximum absolute atomic E-state index is 13.8. The zero-order valence-electron chi connectivity index (χ0n) is 20.9. The van der Waals surface area contributed by atoms with Gasteiger partial charge in [-0.1, -0.05) is 54.3 Å². The number of aromatic nitrogens is 1. The summed E-state index contributed by atoms with van der Waals surface area (Å²) in [7, 11) is 3.92. The average Bonchev–Trinajstić information content (AvgIpc) is 3.17. The summed E-state index contributed by atoms with van der Waals surface area (Å²) < 4.78 is 13.2. The summed E-state index contributed by atoms with van der Waals surface area (Å²) in [5.74, 6) is 0.181. The summed E-state index contributed by atoms with van der Waals surface area (Å²) in [6.07, 6.45) is 3.48. The lowest BCUT2D eigenvalue weighted by Gasteiger charge is -2.25. The fraction of sp³-hybridized carbons (Fsp3) is 0.250. The number of hydrogen-bond acceptors (Lipinski definition) is 7. The summed E-state index contributed by atoms with van der Waals surface area (Å²) in [5.41, 5.74) is 3.27. The molecule has 3 aromatic rings. The van der Waals surface area contributed by atoms with Crippen LogP contribution in [0.4, 0.5) is 5.69 Å². The lowest BCUT2D eigenvalue weighted by Crippen LogP contribution is -2.40. The summed E-state index contributed by atoms with van der Waals surface area (Å²) in [6.45, 7) is 7.83. The standard InChI is InChI=1S/C28H29N3O4S/c1-6-16-35-22-11-9-8-10-20(22)17-23-26(32)31-25(19-12-14-21(15-13-19)30(4)5)24(27(33)34-7-2)18(3)29-28(31)36-23/h6,8-15,17,25H,1,7,16H2,2-5H3/b23-17-/t25-/m0/s1. The van der Waals surface area contributed by atoms with Crippen molar-refractivity contribution < 1.29 is 14.3 Å². The van der Waals surface area contributed by atoms with Gasteiger partial charge in [0.05, 0.1) is 28.5 Å². The van der Waals surface area contributed by atoms with Crippen molar-refractivity contribution in [1.82, 2.24) is 4.57 Å². The lowest BCUT2D eigenvalue weighted by molar-refractivity contribution is -0.139. The van der Waals surface area contributed by atoms with E-state index in [1.54, 1.807) is 30.6 Å². The largest absolute Gasteiger partial charge is 0.489 e. The van der Waals surface area contributed by atoms with Gasteiger partial charge in [-0.15, -0.1) is 0 Å². The fourth-order valence-corrected chi connectivity index (χ4v) is 5.12. The van der Waals surface area contributed by atoms with Crippen LogP contribution in [0.3, 0.4) is 0 Å². The molecule has 1 aliphatic rings. The minimum absolute atomic E-state index is 0.228. The number of esters is 1. The molecule has 0 aliphatic carbocycles. The van der Waals surface area contributed by atoms with Crippen LogP contribution in [0.25, 0.3) is 6.08 Å². The minimum Gasteiger partial charge on any atom is -0.489 e. The third kappa shape index (κ3) is 4.90. The zero-order chi connectivity index (χ0) is 25.8. The first kappa shape index (κ1) is 25.2. The molecule has 1 aliphatic heterocycles. The van der Waals surface area contributed by atoms with Gasteiger partial charge < -0.3 is 14.4 Å². The molecule has 4 rings (SSSR count). The van der Waals surface area contributed by atoms with Crippen molar-refractivity contribution in [1.29, 1.82) is 0 Å². The summed E-state index contributed by atoms with van der Waals surface area (Å²) in [4.78, 5) is 34.0. The number of anilines is 1. The average molecular weight is 504 g/mol. The van der Waals surface area contributed by atoms with Crippen molar-refractivity contribution >= 4 is 29.1 Å². The number of nitrogens with zero attached hydrogens (tertiary/aromatic N) is 3. The maximum atomic E-state index is 13.8. The molecule has 1 atom stereocenters. The predicted molar refractivity (Wildman–Crippen MR) is 143 cm³/mol. The van der Waals surface area contributed by atoms with Gasteiger partial charge in [0.2, 0.25) is 0 Å². The Morgan fingerprint density at radius 2 is 1.92 bits per heavy atom. The number of carbonyl (C=O) groups is 1. The molecule has 0 fully saturated rings. The highest BCUT2D eigenvalue weighted by molar-refractivity contribution is 7.07. The molecule has 0 radical (unpaired) electrons. The number of allylic oxidation sites excluding steroid dienone is 1. The monoisotopic (exact) mass is 503 g/mol. The van der Waals surface area contributed by atoms with Crippen molar-refractivity contribution in [2.75, 3.05) is 32.2 Å². The van der Waals surface area contributed by atoms with E-state index in [-0.39, 0.29) is 12.2 Å². The topological polar surface area (TPSA) is 73.1 Å². The second-order valence-corrected chi connectivity index (χ2v) is 9.43. The number of carbonyl (C=O) groups excluding carboxylic acids is 1. The second-order valence-electron chi connectivity index (χ2n) is 8.43. The van der Waals surface area contributed by atoms with Crippen LogP contribution in [0.5, 0.6) is 5.75 Å². The highest BCUT2D eigenvalue weighted by Crippen LogP contribution is 2.31. The Morgan fingerprint density at radius 1 is 1.19 bits per heavy atom.